The normalized spacial score (nSPS) is 12.6. The number of ketones is 1. The predicted molar refractivity (Wildman–Crippen MR) is 77.6 cm³/mol. The number of fused-ring (bicyclic) bond motifs is 1. The van der Waals surface area contributed by atoms with E-state index in [9.17, 15) is 9.59 Å². The molecule has 0 bridgehead atoms. The third-order valence-corrected chi connectivity index (χ3v) is 3.86. The molecule has 4 nitrogen and oxygen atoms in total. The number of carbonyl (C=O) groups is 2. The van der Waals surface area contributed by atoms with Crippen LogP contribution in [-0.2, 0) is 4.79 Å². The van der Waals surface area contributed by atoms with Crippen LogP contribution in [0, 0.1) is 0 Å². The van der Waals surface area contributed by atoms with Crippen LogP contribution in [0.1, 0.15) is 16.8 Å². The first-order valence-corrected chi connectivity index (χ1v) is 6.93. The molecule has 0 aliphatic heterocycles. The summed E-state index contributed by atoms with van der Waals surface area (Å²) in [5, 5.41) is 10.1. The van der Waals surface area contributed by atoms with Crippen molar-refractivity contribution < 1.29 is 14.7 Å². The summed E-state index contributed by atoms with van der Waals surface area (Å²) in [7, 11) is 0. The van der Waals surface area contributed by atoms with Gasteiger partial charge in [-0.3, -0.25) is 9.59 Å². The molecule has 0 spiro atoms. The lowest BCUT2D eigenvalue weighted by molar-refractivity contribution is -0.136. The van der Waals surface area contributed by atoms with Crippen molar-refractivity contribution in [1.29, 1.82) is 0 Å². The van der Waals surface area contributed by atoms with Gasteiger partial charge in [-0.25, -0.2) is 0 Å². The number of hydrogen-bond acceptors (Lipinski definition) is 2. The van der Waals surface area contributed by atoms with Crippen LogP contribution >= 0.6 is 39.1 Å². The summed E-state index contributed by atoms with van der Waals surface area (Å²) in [6, 6.07) is 3.19. The first-order valence-electron chi connectivity index (χ1n) is 5.26. The van der Waals surface area contributed by atoms with Gasteiger partial charge in [0.15, 0.2) is 5.78 Å². The van der Waals surface area contributed by atoms with Gasteiger partial charge in [-0.1, -0.05) is 39.1 Å². The fraction of sp³-hybridized carbons (Fsp3) is 0.167. The van der Waals surface area contributed by atoms with Crippen molar-refractivity contribution in [1.82, 2.24) is 4.98 Å². The van der Waals surface area contributed by atoms with Gasteiger partial charge >= 0.3 is 5.97 Å². The van der Waals surface area contributed by atoms with Crippen LogP contribution < -0.4 is 0 Å². The topological polar surface area (TPSA) is 70.2 Å². The number of benzene rings is 1. The summed E-state index contributed by atoms with van der Waals surface area (Å²) in [4.78, 5) is 24.9. The van der Waals surface area contributed by atoms with Crippen molar-refractivity contribution in [3.05, 3.63) is 33.9 Å². The van der Waals surface area contributed by atoms with Gasteiger partial charge < -0.3 is 10.1 Å². The van der Waals surface area contributed by atoms with Crippen LogP contribution in [0.4, 0.5) is 0 Å². The van der Waals surface area contributed by atoms with Crippen molar-refractivity contribution in [3.8, 4) is 0 Å². The number of carboxylic acid groups (broad SMARTS) is 1. The maximum atomic E-state index is 12.2. The molecule has 0 amide bonds. The third kappa shape index (κ3) is 2.94. The highest BCUT2D eigenvalue weighted by molar-refractivity contribution is 9.10. The van der Waals surface area contributed by atoms with Crippen molar-refractivity contribution in [2.45, 2.75) is 11.2 Å². The van der Waals surface area contributed by atoms with E-state index in [4.69, 9.17) is 28.3 Å². The van der Waals surface area contributed by atoms with E-state index in [0.29, 0.717) is 26.5 Å². The molecule has 0 radical (unpaired) electrons. The first kappa shape index (κ1) is 14.4. The highest BCUT2D eigenvalue weighted by Crippen LogP contribution is 2.31. The maximum Gasteiger partial charge on any atom is 0.304 e. The van der Waals surface area contributed by atoms with Crippen molar-refractivity contribution in [3.63, 3.8) is 0 Å². The molecule has 0 aliphatic carbocycles. The number of halogens is 3. The molecule has 100 valence electrons. The summed E-state index contributed by atoms with van der Waals surface area (Å²) in [5.41, 5.74) is 0.982. The smallest absolute Gasteiger partial charge is 0.304 e. The van der Waals surface area contributed by atoms with Crippen molar-refractivity contribution in [2.75, 3.05) is 0 Å². The number of nitrogens with one attached hydrogen (secondary N) is 1. The Kier molecular flexibility index (Phi) is 4.18. The fourth-order valence-corrected chi connectivity index (χ4v) is 2.91. The molecule has 1 aromatic carbocycles. The number of aromatic nitrogens is 1. The highest BCUT2D eigenvalue weighted by atomic mass is 79.9. The van der Waals surface area contributed by atoms with Crippen molar-refractivity contribution in [2.24, 2.45) is 0 Å². The second-order valence-corrected chi connectivity index (χ2v) is 5.89. The van der Waals surface area contributed by atoms with E-state index in [-0.39, 0.29) is 12.2 Å². The van der Waals surface area contributed by atoms with Gasteiger partial charge in [-0.15, -0.1) is 0 Å². The van der Waals surface area contributed by atoms with E-state index in [2.05, 4.69) is 20.9 Å². The zero-order valence-electron chi connectivity index (χ0n) is 9.41. The molecule has 0 aliphatic rings. The molecule has 7 heteroatoms. The molecule has 0 saturated heterocycles. The SMILES string of the molecule is O=C(O)CC(Br)C(=O)c1c[nH]c2cc(Cl)cc(Cl)c12. The minimum absolute atomic E-state index is 0.295. The van der Waals surface area contributed by atoms with Crippen LogP contribution in [-0.4, -0.2) is 26.7 Å². The van der Waals surface area contributed by atoms with Gasteiger partial charge in [-0.05, 0) is 12.1 Å². The number of alkyl halides is 1. The fourth-order valence-electron chi connectivity index (χ4n) is 1.79. The number of H-pyrrole nitrogens is 1. The number of rotatable bonds is 4. The maximum absolute atomic E-state index is 12.2. The molecule has 19 heavy (non-hydrogen) atoms. The number of hydrogen-bond donors (Lipinski definition) is 2. The Morgan fingerprint density at radius 2 is 2.05 bits per heavy atom. The lowest BCUT2D eigenvalue weighted by Gasteiger charge is -2.05. The Balaban J connectivity index is 2.46. The van der Waals surface area contributed by atoms with E-state index in [0.717, 1.165) is 0 Å². The molecule has 0 saturated carbocycles. The minimum atomic E-state index is -1.05. The van der Waals surface area contributed by atoms with Gasteiger partial charge in [0.1, 0.15) is 0 Å². The number of Topliss-reactive ketones (excluding diaryl/α,β-unsaturated/α-hetero) is 1. The molecule has 1 atom stereocenters. The number of aromatic amines is 1. The largest absolute Gasteiger partial charge is 0.481 e. The molecule has 1 heterocycles. The summed E-state index contributed by atoms with van der Waals surface area (Å²) in [6.07, 6.45) is 1.21. The average molecular weight is 365 g/mol. The van der Waals surface area contributed by atoms with E-state index in [1.165, 1.54) is 12.3 Å². The Morgan fingerprint density at radius 1 is 1.37 bits per heavy atom. The third-order valence-electron chi connectivity index (χ3n) is 2.60. The number of aliphatic carboxylic acids is 1. The van der Waals surface area contributed by atoms with Gasteiger partial charge in [0.2, 0.25) is 0 Å². The molecular formula is C12H8BrCl2NO3. The molecule has 2 rings (SSSR count). The van der Waals surface area contributed by atoms with Gasteiger partial charge in [0.25, 0.3) is 0 Å². The van der Waals surface area contributed by atoms with Crippen LogP contribution in [0.3, 0.4) is 0 Å². The first-order chi connectivity index (χ1) is 8.90. The molecule has 2 aromatic rings. The van der Waals surface area contributed by atoms with Gasteiger partial charge in [0, 0.05) is 27.7 Å². The summed E-state index contributed by atoms with van der Waals surface area (Å²) < 4.78 is 0. The van der Waals surface area contributed by atoms with Gasteiger partial charge in [-0.2, -0.15) is 0 Å². The molecule has 1 aromatic heterocycles. The van der Waals surface area contributed by atoms with Crippen LogP contribution in [0.15, 0.2) is 18.3 Å². The zero-order chi connectivity index (χ0) is 14.2. The molecule has 2 N–H and O–H groups in total. The summed E-state index contributed by atoms with van der Waals surface area (Å²) >= 11 is 15.0. The van der Waals surface area contributed by atoms with Crippen LogP contribution in [0.2, 0.25) is 10.0 Å². The Labute approximate surface area is 126 Å². The monoisotopic (exact) mass is 363 g/mol. The second-order valence-electron chi connectivity index (χ2n) is 3.94. The number of carboxylic acids is 1. The quantitative estimate of drug-likeness (QED) is 0.638. The van der Waals surface area contributed by atoms with Gasteiger partial charge in [0.05, 0.1) is 16.3 Å². The standard InChI is InChI=1S/C12H8BrCl2NO3/c13-7(3-10(17)18)12(19)6-4-16-9-2-5(14)1-8(15)11(6)9/h1-2,4,7,16H,3H2,(H,17,18). The Bertz CT molecular complexity index is 668. The Hall–Kier alpha value is -1.04. The highest BCUT2D eigenvalue weighted by Gasteiger charge is 2.23. The second kappa shape index (κ2) is 5.53. The lowest BCUT2D eigenvalue weighted by atomic mass is 10.1. The summed E-state index contributed by atoms with van der Waals surface area (Å²) in [5.74, 6) is -1.39. The molecule has 0 fully saturated rings. The summed E-state index contributed by atoms with van der Waals surface area (Å²) in [6.45, 7) is 0. The zero-order valence-corrected chi connectivity index (χ0v) is 12.5. The predicted octanol–water partition coefficient (Wildman–Crippen LogP) is 3.90. The average Bonchev–Trinajstić information content (AvgIpc) is 2.70. The van der Waals surface area contributed by atoms with E-state index < -0.39 is 10.8 Å². The molecular weight excluding hydrogens is 357 g/mol. The Morgan fingerprint density at radius 3 is 2.68 bits per heavy atom. The minimum Gasteiger partial charge on any atom is -0.481 e. The molecule has 1 unspecified atom stereocenters. The van der Waals surface area contributed by atoms with E-state index in [1.807, 2.05) is 0 Å². The lowest BCUT2D eigenvalue weighted by Crippen LogP contribution is -2.17. The van der Waals surface area contributed by atoms with Crippen LogP contribution in [0.5, 0.6) is 0 Å². The van der Waals surface area contributed by atoms with E-state index >= 15 is 0 Å². The number of carbonyl (C=O) groups excluding carboxylic acids is 1. The van der Waals surface area contributed by atoms with E-state index in [1.54, 1.807) is 6.07 Å². The van der Waals surface area contributed by atoms with Crippen molar-refractivity contribution >= 4 is 61.8 Å². The van der Waals surface area contributed by atoms with Crippen LogP contribution in [0.25, 0.3) is 10.9 Å².